The van der Waals surface area contributed by atoms with Crippen LogP contribution in [0.4, 0.5) is 13.9 Å². The maximum atomic E-state index is 12.2. The first kappa shape index (κ1) is 19.8. The van der Waals surface area contributed by atoms with Crippen molar-refractivity contribution in [1.82, 2.24) is 4.98 Å². The normalized spacial score (nSPS) is 10.7. The van der Waals surface area contributed by atoms with Gasteiger partial charge >= 0.3 is 6.61 Å². The highest BCUT2D eigenvalue weighted by Gasteiger charge is 2.12. The van der Waals surface area contributed by atoms with Crippen molar-refractivity contribution in [2.45, 2.75) is 20.0 Å². The molecule has 0 atom stereocenters. The quantitative estimate of drug-likeness (QED) is 0.575. The molecule has 0 saturated heterocycles. The summed E-state index contributed by atoms with van der Waals surface area (Å²) in [7, 11) is 0. The third-order valence-corrected chi connectivity index (χ3v) is 4.48. The maximum Gasteiger partial charge on any atom is 0.387 e. The van der Waals surface area contributed by atoms with Gasteiger partial charge < -0.3 is 14.8 Å². The maximum absolute atomic E-state index is 12.2. The molecule has 3 rings (SSSR count). The molecule has 0 radical (unpaired) electrons. The number of carbonyl (C=O) groups is 1. The molecule has 3 aromatic rings. The van der Waals surface area contributed by atoms with Gasteiger partial charge in [-0.1, -0.05) is 24.3 Å². The second-order valence-corrected chi connectivity index (χ2v) is 6.57. The molecule has 0 aliphatic heterocycles. The van der Waals surface area contributed by atoms with Crippen molar-refractivity contribution >= 4 is 22.4 Å². The number of para-hydroxylation sites is 1. The van der Waals surface area contributed by atoms with E-state index in [0.717, 1.165) is 17.0 Å². The number of hydrogen-bond acceptors (Lipinski definition) is 5. The molecule has 0 aliphatic carbocycles. The summed E-state index contributed by atoms with van der Waals surface area (Å²) < 4.78 is 34.2. The van der Waals surface area contributed by atoms with Gasteiger partial charge in [0.25, 0.3) is 0 Å². The van der Waals surface area contributed by atoms with Crippen molar-refractivity contribution in [3.63, 3.8) is 0 Å². The second-order valence-electron chi connectivity index (χ2n) is 5.71. The fraction of sp³-hybridized carbons (Fsp3) is 0.200. The molecule has 28 heavy (non-hydrogen) atoms. The van der Waals surface area contributed by atoms with E-state index in [1.165, 1.54) is 23.5 Å². The van der Waals surface area contributed by atoms with Crippen LogP contribution < -0.4 is 14.8 Å². The largest absolute Gasteiger partial charge is 0.493 e. The molecule has 0 bridgehead atoms. The van der Waals surface area contributed by atoms with Gasteiger partial charge in [0.15, 0.2) is 5.13 Å². The first-order chi connectivity index (χ1) is 13.5. The van der Waals surface area contributed by atoms with Gasteiger partial charge in [0.1, 0.15) is 11.5 Å². The average Bonchev–Trinajstić information content (AvgIpc) is 3.12. The van der Waals surface area contributed by atoms with Gasteiger partial charge in [-0.05, 0) is 36.8 Å². The van der Waals surface area contributed by atoms with E-state index in [1.54, 1.807) is 12.1 Å². The molecular weight excluding hydrogens is 386 g/mol. The Morgan fingerprint density at radius 1 is 1.18 bits per heavy atom. The van der Waals surface area contributed by atoms with Crippen molar-refractivity contribution in [3.8, 4) is 22.8 Å². The van der Waals surface area contributed by atoms with Gasteiger partial charge in [-0.2, -0.15) is 8.78 Å². The molecule has 1 N–H and O–H groups in total. The van der Waals surface area contributed by atoms with E-state index in [2.05, 4.69) is 15.0 Å². The monoisotopic (exact) mass is 404 g/mol. The number of ether oxygens (including phenoxy) is 2. The zero-order chi connectivity index (χ0) is 19.9. The summed E-state index contributed by atoms with van der Waals surface area (Å²) in [5.74, 6) is 0.539. The summed E-state index contributed by atoms with van der Waals surface area (Å²) in [6.45, 7) is -0.414. The summed E-state index contributed by atoms with van der Waals surface area (Å²) in [6, 6.07) is 13.5. The Morgan fingerprint density at radius 3 is 2.64 bits per heavy atom. The van der Waals surface area contributed by atoms with Crippen molar-refractivity contribution in [3.05, 3.63) is 59.5 Å². The van der Waals surface area contributed by atoms with Gasteiger partial charge in [-0.3, -0.25) is 4.79 Å². The van der Waals surface area contributed by atoms with Gasteiger partial charge in [0.05, 0.1) is 18.7 Å². The van der Waals surface area contributed by atoms with Crippen LogP contribution in [-0.4, -0.2) is 24.1 Å². The van der Waals surface area contributed by atoms with Crippen LogP contribution in [0.1, 0.15) is 12.5 Å². The fourth-order valence-corrected chi connectivity index (χ4v) is 3.28. The first-order valence-electron chi connectivity index (χ1n) is 8.56. The SMILES string of the molecule is CCOc1ccccc1-c1csc(NC(=O)Cc2ccc(OC(F)F)cc2)n1. The lowest BCUT2D eigenvalue weighted by Gasteiger charge is -2.07. The van der Waals surface area contributed by atoms with Crippen LogP contribution in [0.15, 0.2) is 53.9 Å². The number of carbonyl (C=O) groups excluding carboxylic acids is 1. The third kappa shape index (κ3) is 5.26. The van der Waals surface area contributed by atoms with Crippen molar-refractivity contribution in [2.24, 2.45) is 0 Å². The molecule has 0 aliphatic rings. The van der Waals surface area contributed by atoms with Gasteiger partial charge in [-0.25, -0.2) is 4.98 Å². The number of hydrogen-bond donors (Lipinski definition) is 1. The Labute approximate surface area is 164 Å². The molecule has 146 valence electrons. The van der Waals surface area contributed by atoms with Crippen LogP contribution in [0.5, 0.6) is 11.5 Å². The molecule has 5 nitrogen and oxygen atoms in total. The number of thiazole rings is 1. The summed E-state index contributed by atoms with van der Waals surface area (Å²) in [5, 5.41) is 5.08. The first-order valence-corrected chi connectivity index (χ1v) is 9.44. The number of benzene rings is 2. The van der Waals surface area contributed by atoms with Crippen molar-refractivity contribution in [1.29, 1.82) is 0 Å². The summed E-state index contributed by atoms with van der Waals surface area (Å²) >= 11 is 1.32. The Hall–Kier alpha value is -3.00. The number of alkyl halides is 2. The minimum Gasteiger partial charge on any atom is -0.493 e. The Morgan fingerprint density at radius 2 is 1.93 bits per heavy atom. The van der Waals surface area contributed by atoms with E-state index in [4.69, 9.17) is 4.74 Å². The smallest absolute Gasteiger partial charge is 0.387 e. The number of rotatable bonds is 8. The lowest BCUT2D eigenvalue weighted by Crippen LogP contribution is -2.14. The van der Waals surface area contributed by atoms with Gasteiger partial charge in [0.2, 0.25) is 5.91 Å². The third-order valence-electron chi connectivity index (χ3n) is 3.73. The summed E-state index contributed by atoms with van der Waals surface area (Å²) in [4.78, 5) is 16.7. The second kappa shape index (κ2) is 9.27. The molecule has 0 unspecified atom stereocenters. The summed E-state index contributed by atoms with van der Waals surface area (Å²) in [5.41, 5.74) is 2.26. The molecule has 8 heteroatoms. The van der Waals surface area contributed by atoms with Crippen LogP contribution in [0.25, 0.3) is 11.3 Å². The van der Waals surface area contributed by atoms with E-state index < -0.39 is 6.61 Å². The van der Waals surface area contributed by atoms with E-state index >= 15 is 0 Å². The van der Waals surface area contributed by atoms with Gasteiger partial charge in [0, 0.05) is 10.9 Å². The van der Waals surface area contributed by atoms with Crippen molar-refractivity contribution in [2.75, 3.05) is 11.9 Å². The van der Waals surface area contributed by atoms with E-state index in [1.807, 2.05) is 36.6 Å². The van der Waals surface area contributed by atoms with Gasteiger partial charge in [-0.15, -0.1) is 11.3 Å². The molecule has 1 heterocycles. The molecular formula is C20H18F2N2O3S. The zero-order valence-corrected chi connectivity index (χ0v) is 15.8. The lowest BCUT2D eigenvalue weighted by atomic mass is 10.1. The van der Waals surface area contributed by atoms with Crippen LogP contribution >= 0.6 is 11.3 Å². The molecule has 0 saturated carbocycles. The zero-order valence-electron chi connectivity index (χ0n) is 15.0. The van der Waals surface area contributed by atoms with Crippen LogP contribution in [0.3, 0.4) is 0 Å². The van der Waals surface area contributed by atoms with E-state index in [-0.39, 0.29) is 18.1 Å². The highest BCUT2D eigenvalue weighted by Crippen LogP contribution is 2.32. The predicted molar refractivity (Wildman–Crippen MR) is 104 cm³/mol. The highest BCUT2D eigenvalue weighted by molar-refractivity contribution is 7.14. The Kier molecular flexibility index (Phi) is 6.54. The molecule has 1 amide bonds. The molecule has 1 aromatic heterocycles. The number of anilines is 1. The minimum atomic E-state index is -2.87. The Balaban J connectivity index is 1.63. The topological polar surface area (TPSA) is 60.5 Å². The predicted octanol–water partition coefficient (Wildman–Crippen LogP) is 4.99. The minimum absolute atomic E-state index is 0.0525. The molecule has 2 aromatic carbocycles. The number of amides is 1. The van der Waals surface area contributed by atoms with Crippen LogP contribution in [0, 0.1) is 0 Å². The molecule has 0 spiro atoms. The number of halogens is 2. The van der Waals surface area contributed by atoms with Crippen LogP contribution in [0.2, 0.25) is 0 Å². The number of aromatic nitrogens is 1. The van der Waals surface area contributed by atoms with Crippen molar-refractivity contribution < 1.29 is 23.0 Å². The van der Waals surface area contributed by atoms with E-state index in [0.29, 0.717) is 17.3 Å². The van der Waals surface area contributed by atoms with Crippen LogP contribution in [-0.2, 0) is 11.2 Å². The van der Waals surface area contributed by atoms with E-state index in [9.17, 15) is 13.6 Å². The average molecular weight is 404 g/mol. The number of nitrogens with zero attached hydrogens (tertiary/aromatic N) is 1. The number of nitrogens with one attached hydrogen (secondary N) is 1. The lowest BCUT2D eigenvalue weighted by molar-refractivity contribution is -0.115. The summed E-state index contributed by atoms with van der Waals surface area (Å²) in [6.07, 6.45) is 0.0966. The molecule has 0 fully saturated rings. The Bertz CT molecular complexity index is 929. The highest BCUT2D eigenvalue weighted by atomic mass is 32.1. The fourth-order valence-electron chi connectivity index (χ4n) is 2.55. The standard InChI is InChI=1S/C20H18F2N2O3S/c1-2-26-17-6-4-3-5-15(17)16-12-28-20(23-16)24-18(25)11-13-7-9-14(10-8-13)27-19(21)22/h3-10,12,19H,2,11H2,1H3,(H,23,24,25).